The Kier molecular flexibility index (Phi) is 5.64. The SMILES string of the molecule is CN(C)C(=O)c1ccc(NC(=O)COC(=O)[C@@H]2CS[C@@]3(C)CCC(=O)N23)cc1. The highest BCUT2D eigenvalue weighted by atomic mass is 32.2. The van der Waals surface area contributed by atoms with E-state index in [1.807, 2.05) is 6.92 Å². The largest absolute Gasteiger partial charge is 0.454 e. The van der Waals surface area contributed by atoms with Crippen LogP contribution in [0.3, 0.4) is 0 Å². The zero-order chi connectivity index (χ0) is 20.5. The van der Waals surface area contributed by atoms with Crippen LogP contribution in [0.5, 0.6) is 0 Å². The lowest BCUT2D eigenvalue weighted by Gasteiger charge is -2.29. The van der Waals surface area contributed by atoms with Crippen molar-refractivity contribution in [1.82, 2.24) is 9.80 Å². The standard InChI is InChI=1S/C19H23N3O5S/c1-19-9-8-16(24)22(19)14(11-28-19)18(26)27-10-15(23)20-13-6-4-12(5-7-13)17(25)21(2)3/h4-7,14H,8-11H2,1-3H3,(H,20,23)/t14-,19-/m0/s1. The van der Waals surface area contributed by atoms with Crippen LogP contribution in [0.1, 0.15) is 30.1 Å². The van der Waals surface area contributed by atoms with Crippen LogP contribution >= 0.6 is 11.8 Å². The minimum atomic E-state index is -0.644. The minimum Gasteiger partial charge on any atom is -0.454 e. The predicted octanol–water partition coefficient (Wildman–Crippen LogP) is 1.32. The van der Waals surface area contributed by atoms with E-state index in [0.717, 1.165) is 0 Å². The maximum atomic E-state index is 12.4. The number of rotatable bonds is 5. The molecule has 150 valence electrons. The van der Waals surface area contributed by atoms with Gasteiger partial charge in [0.15, 0.2) is 6.61 Å². The average Bonchev–Trinajstić information content (AvgIpc) is 3.15. The van der Waals surface area contributed by atoms with Gasteiger partial charge in [-0.1, -0.05) is 0 Å². The molecule has 8 nitrogen and oxygen atoms in total. The molecule has 1 aromatic rings. The summed E-state index contributed by atoms with van der Waals surface area (Å²) >= 11 is 1.57. The number of nitrogens with zero attached hydrogens (tertiary/aromatic N) is 2. The molecule has 0 unspecified atom stereocenters. The fourth-order valence-electron chi connectivity index (χ4n) is 3.38. The number of carbonyl (C=O) groups is 4. The second-order valence-electron chi connectivity index (χ2n) is 7.20. The van der Waals surface area contributed by atoms with Crippen LogP contribution in [0, 0.1) is 0 Å². The molecule has 1 N–H and O–H groups in total. The Morgan fingerprint density at radius 3 is 2.61 bits per heavy atom. The lowest BCUT2D eigenvalue weighted by Crippen LogP contribution is -2.47. The van der Waals surface area contributed by atoms with Crippen molar-refractivity contribution in [3.8, 4) is 0 Å². The number of hydrogen-bond donors (Lipinski definition) is 1. The number of amides is 3. The molecule has 2 saturated heterocycles. The first-order chi connectivity index (χ1) is 13.2. The van der Waals surface area contributed by atoms with Crippen molar-refractivity contribution in [2.24, 2.45) is 0 Å². The van der Waals surface area contributed by atoms with Gasteiger partial charge in [0, 0.05) is 37.5 Å². The number of hydrogen-bond acceptors (Lipinski definition) is 6. The molecule has 0 aromatic heterocycles. The van der Waals surface area contributed by atoms with Gasteiger partial charge < -0.3 is 19.9 Å². The van der Waals surface area contributed by atoms with Gasteiger partial charge in [-0.3, -0.25) is 14.4 Å². The molecule has 0 bridgehead atoms. The fraction of sp³-hybridized carbons (Fsp3) is 0.474. The minimum absolute atomic E-state index is 0.0498. The van der Waals surface area contributed by atoms with Gasteiger partial charge >= 0.3 is 5.97 Å². The molecule has 2 aliphatic heterocycles. The van der Waals surface area contributed by atoms with Crippen molar-refractivity contribution in [2.45, 2.75) is 30.7 Å². The van der Waals surface area contributed by atoms with Gasteiger partial charge in [-0.2, -0.15) is 0 Å². The van der Waals surface area contributed by atoms with Gasteiger partial charge in [0.05, 0.1) is 4.87 Å². The highest BCUT2D eigenvalue weighted by Crippen LogP contribution is 2.47. The molecule has 2 fully saturated rings. The van der Waals surface area contributed by atoms with E-state index in [2.05, 4.69) is 5.32 Å². The molecule has 3 rings (SSSR count). The van der Waals surface area contributed by atoms with Crippen LogP contribution in [-0.4, -0.2) is 70.9 Å². The maximum Gasteiger partial charge on any atom is 0.330 e. The lowest BCUT2D eigenvalue weighted by atomic mass is 10.2. The molecule has 2 atom stereocenters. The van der Waals surface area contributed by atoms with E-state index in [9.17, 15) is 19.2 Å². The van der Waals surface area contributed by atoms with Crippen molar-refractivity contribution < 1.29 is 23.9 Å². The second-order valence-corrected chi connectivity index (χ2v) is 8.70. The quantitative estimate of drug-likeness (QED) is 0.743. The van der Waals surface area contributed by atoms with E-state index in [-0.39, 0.29) is 16.7 Å². The normalized spacial score (nSPS) is 23.3. The van der Waals surface area contributed by atoms with Crippen LogP contribution in [0.15, 0.2) is 24.3 Å². The molecular weight excluding hydrogens is 382 g/mol. The number of ether oxygens (including phenoxy) is 1. The molecular formula is C19H23N3O5S. The number of benzene rings is 1. The van der Waals surface area contributed by atoms with Gasteiger partial charge in [-0.05, 0) is 37.6 Å². The second kappa shape index (κ2) is 7.83. The van der Waals surface area contributed by atoms with Crippen LogP contribution in [-0.2, 0) is 19.1 Å². The van der Waals surface area contributed by atoms with E-state index in [4.69, 9.17) is 4.74 Å². The summed E-state index contributed by atoms with van der Waals surface area (Å²) in [5.41, 5.74) is 1.00. The summed E-state index contributed by atoms with van der Waals surface area (Å²) in [6, 6.07) is 5.80. The zero-order valence-corrected chi connectivity index (χ0v) is 16.9. The summed E-state index contributed by atoms with van der Waals surface area (Å²) in [6.45, 7) is 1.52. The Balaban J connectivity index is 1.51. The number of fused-ring (bicyclic) bond motifs is 1. The smallest absolute Gasteiger partial charge is 0.330 e. The number of esters is 1. The Morgan fingerprint density at radius 2 is 1.96 bits per heavy atom. The first kappa shape index (κ1) is 20.2. The van der Waals surface area contributed by atoms with Gasteiger partial charge in [0.25, 0.3) is 11.8 Å². The summed E-state index contributed by atoms with van der Waals surface area (Å²) in [7, 11) is 3.32. The highest BCUT2D eigenvalue weighted by molar-refractivity contribution is 8.01. The number of carbonyl (C=O) groups excluding carboxylic acids is 4. The van der Waals surface area contributed by atoms with Gasteiger partial charge in [-0.25, -0.2) is 4.79 Å². The summed E-state index contributed by atoms with van der Waals surface area (Å²) in [5.74, 6) is -0.755. The van der Waals surface area contributed by atoms with E-state index in [1.54, 1.807) is 55.0 Å². The lowest BCUT2D eigenvalue weighted by molar-refractivity contribution is -0.155. The third-order valence-electron chi connectivity index (χ3n) is 4.88. The van der Waals surface area contributed by atoms with Crippen molar-refractivity contribution >= 4 is 41.1 Å². The molecule has 28 heavy (non-hydrogen) atoms. The monoisotopic (exact) mass is 405 g/mol. The molecule has 1 aromatic carbocycles. The Labute approximate surface area is 167 Å². The van der Waals surface area contributed by atoms with E-state index in [1.165, 1.54) is 4.90 Å². The van der Waals surface area contributed by atoms with Crippen LogP contribution in [0.25, 0.3) is 0 Å². The van der Waals surface area contributed by atoms with Crippen molar-refractivity contribution in [1.29, 1.82) is 0 Å². The summed E-state index contributed by atoms with van der Waals surface area (Å²) < 4.78 is 5.14. The van der Waals surface area contributed by atoms with Crippen LogP contribution in [0.4, 0.5) is 5.69 Å². The highest BCUT2D eigenvalue weighted by Gasteiger charge is 2.53. The van der Waals surface area contributed by atoms with E-state index >= 15 is 0 Å². The average molecular weight is 405 g/mol. The van der Waals surface area contributed by atoms with Crippen LogP contribution < -0.4 is 5.32 Å². The molecule has 0 aliphatic carbocycles. The number of thioether (sulfide) groups is 1. The van der Waals surface area contributed by atoms with Crippen LogP contribution in [0.2, 0.25) is 0 Å². The fourth-order valence-corrected chi connectivity index (χ4v) is 4.80. The zero-order valence-electron chi connectivity index (χ0n) is 16.1. The van der Waals surface area contributed by atoms with Gasteiger partial charge in [-0.15, -0.1) is 11.8 Å². The molecule has 0 spiro atoms. The molecule has 3 amide bonds. The molecule has 9 heteroatoms. The Hall–Kier alpha value is -2.55. The Bertz CT molecular complexity index is 810. The maximum absolute atomic E-state index is 12.4. The summed E-state index contributed by atoms with van der Waals surface area (Å²) in [4.78, 5) is 51.1. The third-order valence-corrected chi connectivity index (χ3v) is 6.39. The summed E-state index contributed by atoms with van der Waals surface area (Å²) in [6.07, 6.45) is 1.15. The number of anilines is 1. The Morgan fingerprint density at radius 1 is 1.29 bits per heavy atom. The van der Waals surface area contributed by atoms with E-state index < -0.39 is 24.5 Å². The van der Waals surface area contributed by atoms with Gasteiger partial charge in [0.2, 0.25) is 5.91 Å². The summed E-state index contributed by atoms with van der Waals surface area (Å²) in [5, 5.41) is 2.62. The molecule has 2 aliphatic rings. The van der Waals surface area contributed by atoms with E-state index in [0.29, 0.717) is 29.8 Å². The molecule has 0 radical (unpaired) electrons. The first-order valence-corrected chi connectivity index (χ1v) is 9.94. The number of nitrogens with one attached hydrogen (secondary N) is 1. The predicted molar refractivity (Wildman–Crippen MR) is 105 cm³/mol. The van der Waals surface area contributed by atoms with Crippen molar-refractivity contribution in [3.63, 3.8) is 0 Å². The van der Waals surface area contributed by atoms with Crippen molar-refractivity contribution in [3.05, 3.63) is 29.8 Å². The van der Waals surface area contributed by atoms with Gasteiger partial charge in [0.1, 0.15) is 6.04 Å². The third kappa shape index (κ3) is 3.99. The topological polar surface area (TPSA) is 96.0 Å². The van der Waals surface area contributed by atoms with Crippen molar-refractivity contribution in [2.75, 3.05) is 31.8 Å². The molecule has 2 heterocycles. The first-order valence-electron chi connectivity index (χ1n) is 8.95. The molecule has 0 saturated carbocycles.